The second-order valence-corrected chi connectivity index (χ2v) is 13.1. The highest BCUT2D eigenvalue weighted by Crippen LogP contribution is 2.30. The molecule has 0 saturated heterocycles. The Bertz CT molecular complexity index is 1440. The molecule has 0 aromatic heterocycles. The Labute approximate surface area is 240 Å². The predicted octanol–water partition coefficient (Wildman–Crippen LogP) is 5.83. The van der Waals surface area contributed by atoms with Crippen LogP contribution in [0.2, 0.25) is 10.0 Å². The molecule has 3 rings (SSSR count). The minimum atomic E-state index is -4.17. The van der Waals surface area contributed by atoms with E-state index in [2.05, 4.69) is 5.32 Å². The van der Waals surface area contributed by atoms with E-state index in [9.17, 15) is 18.0 Å². The van der Waals surface area contributed by atoms with E-state index in [1.807, 2.05) is 20.8 Å². The second-order valence-electron chi connectivity index (χ2n) is 10.3. The van der Waals surface area contributed by atoms with Crippen molar-refractivity contribution >= 4 is 50.7 Å². The van der Waals surface area contributed by atoms with Gasteiger partial charge in [0.2, 0.25) is 11.8 Å². The summed E-state index contributed by atoms with van der Waals surface area (Å²) >= 11 is 12.4. The molecule has 39 heavy (non-hydrogen) atoms. The normalized spacial score (nSPS) is 12.5. The smallest absolute Gasteiger partial charge is 0.264 e. The molecule has 10 heteroatoms. The fraction of sp³-hybridized carbons (Fsp3) is 0.310. The van der Waals surface area contributed by atoms with Crippen LogP contribution in [0.3, 0.4) is 0 Å². The molecule has 0 radical (unpaired) electrons. The van der Waals surface area contributed by atoms with Gasteiger partial charge in [-0.05, 0) is 82.1 Å². The van der Waals surface area contributed by atoms with Gasteiger partial charge in [-0.3, -0.25) is 13.9 Å². The van der Waals surface area contributed by atoms with Gasteiger partial charge >= 0.3 is 0 Å². The van der Waals surface area contributed by atoms with Gasteiger partial charge in [0, 0.05) is 22.1 Å². The van der Waals surface area contributed by atoms with E-state index in [4.69, 9.17) is 23.2 Å². The van der Waals surface area contributed by atoms with Gasteiger partial charge in [0.1, 0.15) is 12.6 Å². The van der Waals surface area contributed by atoms with E-state index < -0.39 is 34.1 Å². The maximum atomic E-state index is 14.0. The third-order valence-corrected chi connectivity index (χ3v) is 8.20. The maximum absolute atomic E-state index is 14.0. The van der Waals surface area contributed by atoms with Crippen LogP contribution in [0.1, 0.15) is 38.8 Å². The number of amides is 2. The number of rotatable bonds is 9. The molecule has 1 atom stereocenters. The fourth-order valence-corrected chi connectivity index (χ4v) is 5.84. The average Bonchev–Trinajstić information content (AvgIpc) is 2.86. The lowest BCUT2D eigenvalue weighted by atomic mass is 10.1. The van der Waals surface area contributed by atoms with E-state index in [0.717, 1.165) is 4.31 Å². The molecule has 208 valence electrons. The van der Waals surface area contributed by atoms with Crippen molar-refractivity contribution in [2.75, 3.05) is 10.8 Å². The molecule has 0 aliphatic heterocycles. The zero-order valence-corrected chi connectivity index (χ0v) is 24.9. The van der Waals surface area contributed by atoms with Gasteiger partial charge in [-0.15, -0.1) is 0 Å². The molecule has 0 aliphatic carbocycles. The second kappa shape index (κ2) is 12.4. The Morgan fingerprint density at radius 2 is 1.56 bits per heavy atom. The molecular weight excluding hydrogens is 557 g/mol. The number of sulfonamides is 1. The summed E-state index contributed by atoms with van der Waals surface area (Å²) in [6, 6.07) is 18.8. The molecule has 7 nitrogen and oxygen atoms in total. The standard InChI is InChI=1S/C29H33Cl2N3O4S/c1-20-14-15-24(31)17-26(20)34(39(37,38)25-12-7-6-8-13-25)19-27(35)33(18-22-10-9-11-23(30)16-22)21(2)28(36)32-29(3,4)5/h6-17,21H,18-19H2,1-5H3,(H,32,36)/t21-/m1/s1. The quantitative estimate of drug-likeness (QED) is 0.340. The highest BCUT2D eigenvalue weighted by atomic mass is 35.5. The third kappa shape index (κ3) is 7.97. The van der Waals surface area contributed by atoms with E-state index in [1.54, 1.807) is 68.4 Å². The van der Waals surface area contributed by atoms with Crippen molar-refractivity contribution in [3.63, 3.8) is 0 Å². The van der Waals surface area contributed by atoms with E-state index in [1.165, 1.54) is 23.1 Å². The van der Waals surface area contributed by atoms with Crippen LogP contribution >= 0.6 is 23.2 Å². The van der Waals surface area contributed by atoms with Crippen LogP contribution in [0.25, 0.3) is 0 Å². The highest BCUT2D eigenvalue weighted by molar-refractivity contribution is 7.92. The summed E-state index contributed by atoms with van der Waals surface area (Å²) in [5.74, 6) is -0.931. The largest absolute Gasteiger partial charge is 0.350 e. The molecule has 0 aliphatic rings. The summed E-state index contributed by atoms with van der Waals surface area (Å²) in [6.45, 7) is 8.39. The number of benzene rings is 3. The molecule has 0 saturated carbocycles. The topological polar surface area (TPSA) is 86.8 Å². The Morgan fingerprint density at radius 3 is 2.18 bits per heavy atom. The number of carbonyl (C=O) groups is 2. The lowest BCUT2D eigenvalue weighted by Crippen LogP contribution is -2.54. The molecule has 0 spiro atoms. The summed E-state index contributed by atoms with van der Waals surface area (Å²) in [5.41, 5.74) is 1.06. The minimum Gasteiger partial charge on any atom is -0.350 e. The summed E-state index contributed by atoms with van der Waals surface area (Å²) in [7, 11) is -4.17. The van der Waals surface area contributed by atoms with E-state index in [0.29, 0.717) is 21.2 Å². The first-order chi connectivity index (χ1) is 18.2. The van der Waals surface area contributed by atoms with Gasteiger partial charge in [-0.25, -0.2) is 8.42 Å². The number of aryl methyl sites for hydroxylation is 1. The summed E-state index contributed by atoms with van der Waals surface area (Å²) in [5, 5.41) is 3.71. The first kappa shape index (κ1) is 30.5. The van der Waals surface area contributed by atoms with Crippen molar-refractivity contribution in [3.05, 3.63) is 94.0 Å². The summed E-state index contributed by atoms with van der Waals surface area (Å²) in [4.78, 5) is 28.5. The number of nitrogens with one attached hydrogen (secondary N) is 1. The zero-order valence-electron chi connectivity index (χ0n) is 22.6. The van der Waals surface area contributed by atoms with Gasteiger partial charge in [-0.2, -0.15) is 0 Å². The van der Waals surface area contributed by atoms with Gasteiger partial charge in [0.15, 0.2) is 0 Å². The number of hydrogen-bond acceptors (Lipinski definition) is 4. The Hall–Kier alpha value is -3.07. The van der Waals surface area contributed by atoms with Crippen LogP contribution in [-0.4, -0.2) is 43.3 Å². The van der Waals surface area contributed by atoms with Crippen molar-refractivity contribution in [2.24, 2.45) is 0 Å². The number of carbonyl (C=O) groups excluding carboxylic acids is 2. The molecule has 1 N–H and O–H groups in total. The van der Waals surface area contributed by atoms with Gasteiger partial charge in [-0.1, -0.05) is 59.6 Å². The van der Waals surface area contributed by atoms with Crippen LogP contribution in [-0.2, 0) is 26.2 Å². The fourth-order valence-electron chi connectivity index (χ4n) is 3.97. The summed E-state index contributed by atoms with van der Waals surface area (Å²) in [6.07, 6.45) is 0. The molecule has 0 heterocycles. The monoisotopic (exact) mass is 589 g/mol. The van der Waals surface area contributed by atoms with Crippen molar-refractivity contribution in [1.82, 2.24) is 10.2 Å². The molecule has 0 bridgehead atoms. The van der Waals surface area contributed by atoms with E-state index >= 15 is 0 Å². The summed E-state index contributed by atoms with van der Waals surface area (Å²) < 4.78 is 28.8. The van der Waals surface area contributed by atoms with Crippen LogP contribution in [0.15, 0.2) is 77.7 Å². The SMILES string of the molecule is Cc1ccc(Cl)cc1N(CC(=O)N(Cc1cccc(Cl)c1)[C@H](C)C(=O)NC(C)(C)C)S(=O)(=O)c1ccccc1. The van der Waals surface area contributed by atoms with Crippen molar-refractivity contribution in [3.8, 4) is 0 Å². The predicted molar refractivity (Wildman–Crippen MR) is 157 cm³/mol. The lowest BCUT2D eigenvalue weighted by molar-refractivity contribution is -0.140. The molecule has 3 aromatic rings. The molecule has 3 aromatic carbocycles. The molecule has 0 fully saturated rings. The number of anilines is 1. The third-order valence-electron chi connectivity index (χ3n) is 5.96. The van der Waals surface area contributed by atoms with Gasteiger partial charge in [0.25, 0.3) is 10.0 Å². The lowest BCUT2D eigenvalue weighted by Gasteiger charge is -2.34. The van der Waals surface area contributed by atoms with Crippen LogP contribution in [0.5, 0.6) is 0 Å². The van der Waals surface area contributed by atoms with Gasteiger partial charge < -0.3 is 10.2 Å². The van der Waals surface area contributed by atoms with E-state index in [-0.39, 0.29) is 23.0 Å². The van der Waals surface area contributed by atoms with Crippen molar-refractivity contribution in [1.29, 1.82) is 0 Å². The highest BCUT2D eigenvalue weighted by Gasteiger charge is 2.34. The van der Waals surface area contributed by atoms with Crippen molar-refractivity contribution in [2.45, 2.75) is 57.6 Å². The minimum absolute atomic E-state index is 0.0251. The number of nitrogens with zero attached hydrogens (tertiary/aromatic N) is 2. The molecule has 0 unspecified atom stereocenters. The Balaban J connectivity index is 2.07. The maximum Gasteiger partial charge on any atom is 0.264 e. The number of hydrogen-bond donors (Lipinski definition) is 1. The molecular formula is C29H33Cl2N3O4S. The Kier molecular flexibility index (Phi) is 9.69. The first-order valence-corrected chi connectivity index (χ1v) is 14.6. The molecule has 2 amide bonds. The van der Waals surface area contributed by atoms with Gasteiger partial charge in [0.05, 0.1) is 10.6 Å². The number of halogens is 2. The van der Waals surface area contributed by atoms with Crippen molar-refractivity contribution < 1.29 is 18.0 Å². The zero-order chi connectivity index (χ0) is 29.0. The Morgan fingerprint density at radius 1 is 0.923 bits per heavy atom. The first-order valence-electron chi connectivity index (χ1n) is 12.4. The van der Waals surface area contributed by atoms with Crippen LogP contribution in [0.4, 0.5) is 5.69 Å². The van der Waals surface area contributed by atoms with Crippen LogP contribution in [0, 0.1) is 6.92 Å². The average molecular weight is 591 g/mol. The van der Waals surface area contributed by atoms with Crippen LogP contribution < -0.4 is 9.62 Å².